The van der Waals surface area contributed by atoms with Gasteiger partial charge in [-0.05, 0) is 54.8 Å². The summed E-state index contributed by atoms with van der Waals surface area (Å²) < 4.78 is 39.1. The molecule has 0 radical (unpaired) electrons. The second-order valence-electron chi connectivity index (χ2n) is 10.5. The summed E-state index contributed by atoms with van der Waals surface area (Å²) in [6.07, 6.45) is -3.91. The summed E-state index contributed by atoms with van der Waals surface area (Å²) in [5, 5.41) is 13.6. The van der Waals surface area contributed by atoms with Gasteiger partial charge in [-0.2, -0.15) is 13.2 Å². The fourth-order valence-electron chi connectivity index (χ4n) is 5.60. The van der Waals surface area contributed by atoms with Gasteiger partial charge in [-0.15, -0.1) is 0 Å². The monoisotopic (exact) mass is 595 g/mol. The van der Waals surface area contributed by atoms with E-state index in [0.29, 0.717) is 18.4 Å². The number of carbonyl (C=O) groups excluding carboxylic acids is 3. The van der Waals surface area contributed by atoms with Crippen molar-refractivity contribution in [2.75, 3.05) is 31.2 Å². The number of anilines is 1. The van der Waals surface area contributed by atoms with Crippen molar-refractivity contribution < 1.29 is 32.5 Å². The van der Waals surface area contributed by atoms with Crippen LogP contribution in [0.25, 0.3) is 0 Å². The Hall–Kier alpha value is -4.94. The molecule has 10 nitrogen and oxygen atoms in total. The Bertz CT molecular complexity index is 1520. The molecule has 5 rings (SSSR count). The Morgan fingerprint density at radius 2 is 1.63 bits per heavy atom. The van der Waals surface area contributed by atoms with Crippen molar-refractivity contribution in [1.82, 2.24) is 15.1 Å². The number of halogens is 3. The molecule has 3 aromatic rings. The fraction of sp³-hybridized carbons (Fsp3) is 0.300. The summed E-state index contributed by atoms with van der Waals surface area (Å²) >= 11 is 0. The van der Waals surface area contributed by atoms with E-state index in [1.165, 1.54) is 41.3 Å². The van der Waals surface area contributed by atoms with Gasteiger partial charge in [0.15, 0.2) is 0 Å². The van der Waals surface area contributed by atoms with Crippen LogP contribution >= 0.6 is 0 Å². The minimum atomic E-state index is -4.50. The van der Waals surface area contributed by atoms with Crippen molar-refractivity contribution >= 4 is 29.1 Å². The lowest BCUT2D eigenvalue weighted by atomic mass is 9.85. The Kier molecular flexibility index (Phi) is 8.07. The standard InChI is InChI=1S/C30H28F3N5O5/c31-30(32,33)23-6-4-5-21(17-23)18-34-26(39)19-36-20-37(24-7-2-1-3-8-24)29(28(36)41)13-15-35(16-14-29)27(40)22-9-11-25(12-10-22)38(42)43/h1-12,17H,13-16,18-20H2,(H,34,39). The number of carbonyl (C=O) groups is 3. The third-order valence-corrected chi connectivity index (χ3v) is 7.86. The first-order chi connectivity index (χ1) is 20.5. The van der Waals surface area contributed by atoms with Crippen molar-refractivity contribution in [3.63, 3.8) is 0 Å². The fourth-order valence-corrected chi connectivity index (χ4v) is 5.60. The number of para-hydroxylation sites is 1. The lowest BCUT2D eigenvalue weighted by molar-refractivity contribution is -0.384. The predicted octanol–water partition coefficient (Wildman–Crippen LogP) is 4.21. The average Bonchev–Trinajstić information content (AvgIpc) is 3.26. The molecule has 0 aliphatic carbocycles. The van der Waals surface area contributed by atoms with E-state index in [1.54, 1.807) is 4.90 Å². The zero-order valence-electron chi connectivity index (χ0n) is 22.9. The van der Waals surface area contributed by atoms with Crippen molar-refractivity contribution in [3.05, 3.63) is 106 Å². The number of hydrogen-bond acceptors (Lipinski definition) is 6. The van der Waals surface area contributed by atoms with Gasteiger partial charge >= 0.3 is 6.18 Å². The third kappa shape index (κ3) is 6.15. The van der Waals surface area contributed by atoms with E-state index >= 15 is 0 Å². The number of likely N-dealkylation sites (tertiary alicyclic amines) is 1. The molecule has 3 amide bonds. The van der Waals surface area contributed by atoms with E-state index < -0.39 is 28.1 Å². The number of piperidine rings is 1. The zero-order valence-corrected chi connectivity index (χ0v) is 22.9. The molecule has 0 atom stereocenters. The van der Waals surface area contributed by atoms with Gasteiger partial charge in [-0.25, -0.2) is 0 Å². The molecule has 43 heavy (non-hydrogen) atoms. The number of nitro groups is 1. The van der Waals surface area contributed by atoms with Gasteiger partial charge in [-0.1, -0.05) is 30.3 Å². The molecule has 0 aromatic heterocycles. The first-order valence-electron chi connectivity index (χ1n) is 13.6. The second-order valence-corrected chi connectivity index (χ2v) is 10.5. The van der Waals surface area contributed by atoms with Gasteiger partial charge in [0, 0.05) is 43.0 Å². The quantitative estimate of drug-likeness (QED) is 0.323. The van der Waals surface area contributed by atoms with Gasteiger partial charge < -0.3 is 20.0 Å². The molecule has 1 spiro atoms. The average molecular weight is 596 g/mol. The van der Waals surface area contributed by atoms with Crippen LogP contribution in [0.2, 0.25) is 0 Å². The number of nitrogens with one attached hydrogen (secondary N) is 1. The van der Waals surface area contributed by atoms with Crippen molar-refractivity contribution in [3.8, 4) is 0 Å². The van der Waals surface area contributed by atoms with E-state index in [9.17, 15) is 37.7 Å². The number of non-ortho nitro benzene ring substituents is 1. The van der Waals surface area contributed by atoms with Gasteiger partial charge in [0.2, 0.25) is 5.91 Å². The van der Waals surface area contributed by atoms with Crippen molar-refractivity contribution in [2.24, 2.45) is 0 Å². The van der Waals surface area contributed by atoms with Crippen LogP contribution < -0.4 is 10.2 Å². The molecule has 3 aromatic carbocycles. The summed E-state index contributed by atoms with van der Waals surface area (Å²) in [5.74, 6) is -1.08. The lowest BCUT2D eigenvalue weighted by Gasteiger charge is -2.43. The van der Waals surface area contributed by atoms with Crippen LogP contribution in [0.1, 0.15) is 34.3 Å². The van der Waals surface area contributed by atoms with Crippen LogP contribution in [-0.4, -0.2) is 64.3 Å². The molecular formula is C30H28F3N5O5. The van der Waals surface area contributed by atoms with Gasteiger partial charge in [0.05, 0.1) is 17.2 Å². The Labute approximate surface area is 244 Å². The van der Waals surface area contributed by atoms with Crippen molar-refractivity contribution in [1.29, 1.82) is 0 Å². The van der Waals surface area contributed by atoms with Gasteiger partial charge in [0.25, 0.3) is 17.5 Å². The molecule has 2 aliphatic rings. The van der Waals surface area contributed by atoms with Gasteiger partial charge in [-0.3, -0.25) is 24.5 Å². The summed E-state index contributed by atoms with van der Waals surface area (Å²) in [6, 6.07) is 19.3. The van der Waals surface area contributed by atoms with Crippen LogP contribution in [0.4, 0.5) is 24.5 Å². The molecule has 2 saturated heterocycles. The molecule has 0 bridgehead atoms. The largest absolute Gasteiger partial charge is 0.416 e. The molecule has 0 saturated carbocycles. The maximum absolute atomic E-state index is 13.9. The topological polar surface area (TPSA) is 116 Å². The molecule has 0 unspecified atom stereocenters. The number of amides is 3. The van der Waals surface area contributed by atoms with Crippen LogP contribution in [-0.2, 0) is 22.3 Å². The Balaban J connectivity index is 1.27. The highest BCUT2D eigenvalue weighted by Crippen LogP contribution is 2.39. The summed E-state index contributed by atoms with van der Waals surface area (Å²) in [7, 11) is 0. The number of nitro benzene ring substituents is 1. The predicted molar refractivity (Wildman–Crippen MR) is 150 cm³/mol. The molecule has 2 aliphatic heterocycles. The van der Waals surface area contributed by atoms with Crippen LogP contribution in [0.5, 0.6) is 0 Å². The summed E-state index contributed by atoms with van der Waals surface area (Å²) in [6.45, 7) is 0.212. The maximum atomic E-state index is 13.9. The molecule has 2 fully saturated rings. The lowest BCUT2D eigenvalue weighted by Crippen LogP contribution is -2.57. The minimum absolute atomic E-state index is 0.121. The second kappa shape index (κ2) is 11.7. The SMILES string of the molecule is O=C(CN1CN(c2ccccc2)C2(CCN(C(=O)c3ccc([N+](=O)[O-])cc3)CC2)C1=O)NCc1cccc(C(F)(F)F)c1. The number of nitrogens with zero attached hydrogens (tertiary/aromatic N) is 4. The third-order valence-electron chi connectivity index (χ3n) is 7.86. The van der Waals surface area contributed by atoms with Gasteiger partial charge in [0.1, 0.15) is 12.1 Å². The number of rotatable bonds is 7. The highest BCUT2D eigenvalue weighted by Gasteiger charge is 2.54. The van der Waals surface area contributed by atoms with E-state index in [-0.39, 0.29) is 55.9 Å². The Morgan fingerprint density at radius 3 is 2.26 bits per heavy atom. The number of hydrogen-bond donors (Lipinski definition) is 1. The number of benzene rings is 3. The normalized spacial score (nSPS) is 16.4. The van der Waals surface area contributed by atoms with Crippen LogP contribution in [0.15, 0.2) is 78.9 Å². The van der Waals surface area contributed by atoms with E-state index in [0.717, 1.165) is 17.8 Å². The summed E-state index contributed by atoms with van der Waals surface area (Å²) in [5.41, 5.74) is -0.579. The first kappa shape index (κ1) is 29.5. The van der Waals surface area contributed by atoms with Crippen molar-refractivity contribution in [2.45, 2.75) is 31.1 Å². The minimum Gasteiger partial charge on any atom is -0.350 e. The molecule has 224 valence electrons. The van der Waals surface area contributed by atoms with E-state index in [2.05, 4.69) is 5.32 Å². The number of alkyl halides is 3. The van der Waals surface area contributed by atoms with Crippen LogP contribution in [0, 0.1) is 10.1 Å². The van der Waals surface area contributed by atoms with Crippen LogP contribution in [0.3, 0.4) is 0 Å². The Morgan fingerprint density at radius 1 is 0.953 bits per heavy atom. The molecule has 2 heterocycles. The smallest absolute Gasteiger partial charge is 0.350 e. The van der Waals surface area contributed by atoms with E-state index in [1.807, 2.05) is 35.2 Å². The zero-order chi connectivity index (χ0) is 30.8. The van der Waals surface area contributed by atoms with E-state index in [4.69, 9.17) is 0 Å². The highest BCUT2D eigenvalue weighted by molar-refractivity contribution is 5.97. The molecular weight excluding hydrogens is 567 g/mol. The first-order valence-corrected chi connectivity index (χ1v) is 13.6. The molecule has 1 N–H and O–H groups in total. The molecule has 13 heteroatoms. The highest BCUT2D eigenvalue weighted by atomic mass is 19.4. The maximum Gasteiger partial charge on any atom is 0.416 e. The summed E-state index contributed by atoms with van der Waals surface area (Å²) in [4.78, 5) is 55.2.